The van der Waals surface area contributed by atoms with Crippen LogP contribution >= 0.6 is 12.2 Å². The summed E-state index contributed by atoms with van der Waals surface area (Å²) in [5, 5.41) is 3.16. The summed E-state index contributed by atoms with van der Waals surface area (Å²) in [5.41, 5.74) is 6.83. The molecule has 0 aliphatic carbocycles. The van der Waals surface area contributed by atoms with Crippen molar-refractivity contribution in [2.45, 2.75) is 19.8 Å². The monoisotopic (exact) mass is 305 g/mol. The number of likely N-dealkylation sites (tertiary alicyclic amines) is 1. The SMILES string of the molecule is Cc1ccccc1C(=O)NC(=S)N1CCC(C(N)=O)CC1. The van der Waals surface area contributed by atoms with Gasteiger partial charge >= 0.3 is 0 Å². The number of rotatable bonds is 2. The fraction of sp³-hybridized carbons (Fsp3) is 0.400. The summed E-state index contributed by atoms with van der Waals surface area (Å²) in [7, 11) is 0. The van der Waals surface area contributed by atoms with Gasteiger partial charge in [0.1, 0.15) is 0 Å². The molecule has 2 rings (SSSR count). The van der Waals surface area contributed by atoms with E-state index in [-0.39, 0.29) is 17.7 Å². The van der Waals surface area contributed by atoms with E-state index in [0.29, 0.717) is 36.6 Å². The first-order chi connectivity index (χ1) is 9.99. The Labute approximate surface area is 129 Å². The molecule has 5 nitrogen and oxygen atoms in total. The molecule has 112 valence electrons. The number of thiocarbonyl (C=S) groups is 1. The van der Waals surface area contributed by atoms with Gasteiger partial charge in [-0.15, -0.1) is 0 Å². The Kier molecular flexibility index (Phi) is 4.90. The Hall–Kier alpha value is -1.95. The summed E-state index contributed by atoms with van der Waals surface area (Å²) in [4.78, 5) is 25.2. The van der Waals surface area contributed by atoms with Crippen LogP contribution < -0.4 is 11.1 Å². The fourth-order valence-corrected chi connectivity index (χ4v) is 2.71. The summed E-state index contributed by atoms with van der Waals surface area (Å²) in [5.74, 6) is -0.546. The molecule has 2 amide bonds. The minimum atomic E-state index is -0.260. The molecule has 1 aromatic carbocycles. The number of hydrogen-bond acceptors (Lipinski definition) is 3. The van der Waals surface area contributed by atoms with Crippen molar-refractivity contribution in [1.82, 2.24) is 10.2 Å². The van der Waals surface area contributed by atoms with Crippen molar-refractivity contribution in [2.24, 2.45) is 11.7 Å². The van der Waals surface area contributed by atoms with Gasteiger partial charge in [-0.05, 0) is 43.6 Å². The van der Waals surface area contributed by atoms with Crippen LogP contribution in [0.5, 0.6) is 0 Å². The number of carbonyl (C=O) groups excluding carboxylic acids is 2. The van der Waals surface area contributed by atoms with Gasteiger partial charge in [-0.1, -0.05) is 18.2 Å². The van der Waals surface area contributed by atoms with E-state index >= 15 is 0 Å². The number of nitrogens with one attached hydrogen (secondary N) is 1. The molecule has 0 aromatic heterocycles. The lowest BCUT2D eigenvalue weighted by Crippen LogP contribution is -2.47. The second kappa shape index (κ2) is 6.67. The highest BCUT2D eigenvalue weighted by Gasteiger charge is 2.25. The number of amides is 2. The largest absolute Gasteiger partial charge is 0.369 e. The lowest BCUT2D eigenvalue weighted by Gasteiger charge is -2.32. The Morgan fingerprint density at radius 2 is 1.90 bits per heavy atom. The summed E-state index contributed by atoms with van der Waals surface area (Å²) < 4.78 is 0. The molecule has 0 bridgehead atoms. The van der Waals surface area contributed by atoms with Crippen LogP contribution in [0.25, 0.3) is 0 Å². The Morgan fingerprint density at radius 1 is 1.29 bits per heavy atom. The van der Waals surface area contributed by atoms with Crippen LogP contribution in [0.15, 0.2) is 24.3 Å². The van der Waals surface area contributed by atoms with E-state index < -0.39 is 0 Å². The van der Waals surface area contributed by atoms with E-state index in [9.17, 15) is 9.59 Å². The van der Waals surface area contributed by atoms with Gasteiger partial charge < -0.3 is 10.6 Å². The van der Waals surface area contributed by atoms with Crippen LogP contribution in [0.2, 0.25) is 0 Å². The molecule has 1 heterocycles. The maximum absolute atomic E-state index is 12.2. The molecule has 1 aliphatic heterocycles. The molecule has 1 fully saturated rings. The van der Waals surface area contributed by atoms with Crippen molar-refractivity contribution in [3.8, 4) is 0 Å². The average Bonchev–Trinajstić information content (AvgIpc) is 2.47. The number of piperidine rings is 1. The van der Waals surface area contributed by atoms with Gasteiger partial charge in [0.05, 0.1) is 0 Å². The Balaban J connectivity index is 1.92. The first kappa shape index (κ1) is 15.4. The van der Waals surface area contributed by atoms with Crippen molar-refractivity contribution in [3.63, 3.8) is 0 Å². The van der Waals surface area contributed by atoms with E-state index in [2.05, 4.69) is 5.32 Å². The predicted molar refractivity (Wildman–Crippen MR) is 84.7 cm³/mol. The van der Waals surface area contributed by atoms with Crippen LogP contribution in [-0.4, -0.2) is 34.9 Å². The number of nitrogens with zero attached hydrogens (tertiary/aromatic N) is 1. The first-order valence-corrected chi connectivity index (χ1v) is 7.35. The van der Waals surface area contributed by atoms with Crippen LogP contribution in [0.4, 0.5) is 0 Å². The molecular formula is C15H19N3O2S. The second-order valence-electron chi connectivity index (χ2n) is 5.24. The molecule has 0 atom stereocenters. The summed E-state index contributed by atoms with van der Waals surface area (Å²) in [6.07, 6.45) is 1.35. The highest BCUT2D eigenvalue weighted by Crippen LogP contribution is 2.17. The topological polar surface area (TPSA) is 75.4 Å². The van der Waals surface area contributed by atoms with Crippen LogP contribution in [0.3, 0.4) is 0 Å². The molecule has 0 radical (unpaired) electrons. The first-order valence-electron chi connectivity index (χ1n) is 6.94. The molecule has 6 heteroatoms. The second-order valence-corrected chi connectivity index (χ2v) is 5.62. The minimum Gasteiger partial charge on any atom is -0.369 e. The van der Waals surface area contributed by atoms with E-state index in [0.717, 1.165) is 5.56 Å². The molecule has 0 saturated carbocycles. The number of benzene rings is 1. The van der Waals surface area contributed by atoms with Crippen molar-refractivity contribution >= 4 is 29.1 Å². The summed E-state index contributed by atoms with van der Waals surface area (Å²) in [6, 6.07) is 7.37. The molecular weight excluding hydrogens is 286 g/mol. The van der Waals surface area contributed by atoms with Crippen LogP contribution in [0.1, 0.15) is 28.8 Å². The van der Waals surface area contributed by atoms with Crippen molar-refractivity contribution in [3.05, 3.63) is 35.4 Å². The normalized spacial score (nSPS) is 15.6. The third-order valence-electron chi connectivity index (χ3n) is 3.79. The number of hydrogen-bond donors (Lipinski definition) is 2. The van der Waals surface area contributed by atoms with E-state index in [1.54, 1.807) is 6.07 Å². The number of nitrogens with two attached hydrogens (primary N) is 1. The minimum absolute atomic E-state index is 0.0869. The van der Waals surface area contributed by atoms with Gasteiger partial charge in [0.15, 0.2) is 5.11 Å². The predicted octanol–water partition coefficient (Wildman–Crippen LogP) is 1.21. The molecule has 21 heavy (non-hydrogen) atoms. The zero-order valence-corrected chi connectivity index (χ0v) is 12.8. The molecule has 0 unspecified atom stereocenters. The van der Waals surface area contributed by atoms with Crippen molar-refractivity contribution < 1.29 is 9.59 Å². The van der Waals surface area contributed by atoms with Crippen LogP contribution in [-0.2, 0) is 4.79 Å². The van der Waals surface area contributed by atoms with Gasteiger partial charge in [-0.25, -0.2) is 0 Å². The van der Waals surface area contributed by atoms with E-state index in [4.69, 9.17) is 18.0 Å². The summed E-state index contributed by atoms with van der Waals surface area (Å²) >= 11 is 5.28. The third-order valence-corrected chi connectivity index (χ3v) is 4.15. The van der Waals surface area contributed by atoms with Gasteiger partial charge in [-0.3, -0.25) is 14.9 Å². The molecule has 1 saturated heterocycles. The van der Waals surface area contributed by atoms with Gasteiger partial charge in [0, 0.05) is 24.6 Å². The fourth-order valence-electron chi connectivity index (χ4n) is 2.44. The quantitative estimate of drug-likeness (QED) is 0.805. The number of aryl methyl sites for hydroxylation is 1. The Bertz CT molecular complexity index is 566. The molecule has 1 aliphatic rings. The lowest BCUT2D eigenvalue weighted by atomic mass is 9.97. The lowest BCUT2D eigenvalue weighted by molar-refractivity contribution is -0.122. The smallest absolute Gasteiger partial charge is 0.257 e. The maximum Gasteiger partial charge on any atom is 0.257 e. The zero-order chi connectivity index (χ0) is 15.4. The van der Waals surface area contributed by atoms with Crippen molar-refractivity contribution in [1.29, 1.82) is 0 Å². The van der Waals surface area contributed by atoms with E-state index in [1.165, 1.54) is 0 Å². The molecule has 1 aromatic rings. The average molecular weight is 305 g/mol. The van der Waals surface area contributed by atoms with Gasteiger partial charge in [0.2, 0.25) is 5.91 Å². The molecule has 0 spiro atoms. The number of primary amides is 1. The highest BCUT2D eigenvalue weighted by atomic mass is 32.1. The highest BCUT2D eigenvalue weighted by molar-refractivity contribution is 7.80. The third kappa shape index (κ3) is 3.78. The maximum atomic E-state index is 12.2. The number of carbonyl (C=O) groups is 2. The van der Waals surface area contributed by atoms with Gasteiger partial charge in [-0.2, -0.15) is 0 Å². The van der Waals surface area contributed by atoms with Crippen LogP contribution in [0, 0.1) is 12.8 Å². The Morgan fingerprint density at radius 3 is 2.48 bits per heavy atom. The zero-order valence-electron chi connectivity index (χ0n) is 12.0. The standard InChI is InChI=1S/C15H19N3O2S/c1-10-4-2-3-5-12(10)14(20)17-15(21)18-8-6-11(7-9-18)13(16)19/h2-5,11H,6-9H2,1H3,(H2,16,19)(H,17,20,21). The van der Waals surface area contributed by atoms with E-state index in [1.807, 2.05) is 30.0 Å². The molecule has 3 N–H and O–H groups in total. The van der Waals surface area contributed by atoms with Gasteiger partial charge in [0.25, 0.3) is 5.91 Å². The van der Waals surface area contributed by atoms with Crippen molar-refractivity contribution in [2.75, 3.05) is 13.1 Å². The summed E-state index contributed by atoms with van der Waals surface area (Å²) in [6.45, 7) is 3.16.